The maximum absolute atomic E-state index is 8.62. The number of hydrogen-bond donors (Lipinski definition) is 0. The summed E-state index contributed by atoms with van der Waals surface area (Å²) in [7, 11) is 0. The Morgan fingerprint density at radius 2 is 1.57 bits per heavy atom. The van der Waals surface area contributed by atoms with E-state index in [4.69, 9.17) is 2.74 Å². The van der Waals surface area contributed by atoms with Gasteiger partial charge in [-0.1, -0.05) is 69.3 Å². The predicted octanol–water partition coefficient (Wildman–Crippen LogP) is 8.37. The Bertz CT molecular complexity index is 1430. The molecule has 0 bridgehead atoms. The maximum atomic E-state index is 8.62. The third-order valence-electron chi connectivity index (χ3n) is 5.15. The maximum Gasteiger partial charge on any atom is 0.0704 e. The Kier molecular flexibility index (Phi) is 4.13. The van der Waals surface area contributed by atoms with Crippen molar-refractivity contribution in [3.63, 3.8) is 0 Å². The molecule has 2 aromatic heterocycles. The minimum absolute atomic E-state index is 0.504. The number of rotatable bonds is 3. The summed E-state index contributed by atoms with van der Waals surface area (Å²) in [6.45, 7) is 5.79. The molecule has 0 fully saturated rings. The van der Waals surface area contributed by atoms with Crippen LogP contribution in [-0.2, 0) is 6.37 Å². The summed E-state index contributed by atoms with van der Waals surface area (Å²) in [5.74, 6) is 0. The Morgan fingerprint density at radius 3 is 2.37 bits per heavy atom. The SMILES string of the molecule is [2H]C([2H])(c1ccnc(-c2ccc3sc4cc(-c5ccccc5)ccc4c3c2)c1)C(C)(C)C. The summed E-state index contributed by atoms with van der Waals surface area (Å²) in [5.41, 5.74) is 4.42. The van der Waals surface area contributed by atoms with Crippen molar-refractivity contribution in [2.45, 2.75) is 27.1 Å². The fraction of sp³-hybridized carbons (Fsp3) is 0.179. The monoisotopic (exact) mass is 409 g/mol. The second-order valence-electron chi connectivity index (χ2n) is 8.69. The molecule has 5 rings (SSSR count). The Labute approximate surface area is 184 Å². The smallest absolute Gasteiger partial charge is 0.0704 e. The van der Waals surface area contributed by atoms with Crippen LogP contribution < -0.4 is 0 Å². The molecule has 0 amide bonds. The fourth-order valence-corrected chi connectivity index (χ4v) is 4.97. The van der Waals surface area contributed by atoms with E-state index >= 15 is 0 Å². The molecule has 0 saturated carbocycles. The third-order valence-corrected chi connectivity index (χ3v) is 6.29. The quantitative estimate of drug-likeness (QED) is 0.292. The van der Waals surface area contributed by atoms with Crippen molar-refractivity contribution in [1.29, 1.82) is 0 Å². The first-order chi connectivity index (χ1) is 15.2. The van der Waals surface area contributed by atoms with Gasteiger partial charge in [-0.25, -0.2) is 0 Å². The second kappa shape index (κ2) is 7.37. The summed E-state index contributed by atoms with van der Waals surface area (Å²) in [5, 5.41) is 2.46. The number of pyridine rings is 1. The van der Waals surface area contributed by atoms with Crippen molar-refractivity contribution >= 4 is 31.5 Å². The van der Waals surface area contributed by atoms with Crippen molar-refractivity contribution in [3.05, 3.63) is 90.6 Å². The van der Waals surface area contributed by atoms with Crippen molar-refractivity contribution in [3.8, 4) is 22.4 Å². The molecule has 2 heteroatoms. The van der Waals surface area contributed by atoms with Crippen LogP contribution in [0.3, 0.4) is 0 Å². The first kappa shape index (κ1) is 16.8. The van der Waals surface area contributed by atoms with Gasteiger partial charge in [0, 0.05) is 34.7 Å². The van der Waals surface area contributed by atoms with Crippen LogP contribution in [0.15, 0.2) is 85.1 Å². The van der Waals surface area contributed by atoms with Gasteiger partial charge in [0.2, 0.25) is 0 Å². The highest BCUT2D eigenvalue weighted by Gasteiger charge is 2.13. The number of nitrogens with zero attached hydrogens (tertiary/aromatic N) is 1. The molecule has 0 radical (unpaired) electrons. The van der Waals surface area contributed by atoms with Crippen molar-refractivity contribution < 1.29 is 2.74 Å². The highest BCUT2D eigenvalue weighted by molar-refractivity contribution is 7.25. The molecule has 5 aromatic rings. The van der Waals surface area contributed by atoms with Crippen molar-refractivity contribution in [1.82, 2.24) is 4.98 Å². The minimum Gasteiger partial charge on any atom is -0.256 e. The van der Waals surface area contributed by atoms with E-state index in [1.54, 1.807) is 23.6 Å². The van der Waals surface area contributed by atoms with Crippen LogP contribution in [0.1, 0.15) is 29.1 Å². The van der Waals surface area contributed by atoms with E-state index < -0.39 is 11.8 Å². The molecule has 0 unspecified atom stereocenters. The molecule has 0 saturated heterocycles. The topological polar surface area (TPSA) is 12.9 Å². The molecule has 0 aliphatic carbocycles. The number of benzene rings is 3. The van der Waals surface area contributed by atoms with Gasteiger partial charge in [-0.05, 0) is 58.8 Å². The largest absolute Gasteiger partial charge is 0.256 e. The van der Waals surface area contributed by atoms with E-state index in [1.165, 1.54) is 31.3 Å². The van der Waals surface area contributed by atoms with Gasteiger partial charge in [0.1, 0.15) is 0 Å². The van der Waals surface area contributed by atoms with E-state index in [1.807, 2.05) is 32.9 Å². The van der Waals surface area contributed by atoms with Gasteiger partial charge in [-0.3, -0.25) is 4.98 Å². The summed E-state index contributed by atoms with van der Waals surface area (Å²) in [6.07, 6.45) is 0.272. The van der Waals surface area contributed by atoms with Crippen LogP contribution in [0.2, 0.25) is 0 Å². The van der Waals surface area contributed by atoms with Gasteiger partial charge in [0.25, 0.3) is 0 Å². The highest BCUT2D eigenvalue weighted by Crippen LogP contribution is 2.38. The van der Waals surface area contributed by atoms with E-state index in [0.29, 0.717) is 5.56 Å². The standard InChI is InChI=1S/C28H25NS/c1-28(2,3)18-19-13-14-29-25(15-19)22-10-12-26-24(16-22)23-11-9-21(17-27(23)30-26)20-7-5-4-6-8-20/h4-17H,18H2,1-3H3/i18D2. The zero-order chi connectivity index (χ0) is 22.5. The molecule has 0 N–H and O–H groups in total. The summed E-state index contributed by atoms with van der Waals surface area (Å²) in [4.78, 5) is 4.57. The number of thiophene rings is 1. The molecular formula is C28H25NS. The van der Waals surface area contributed by atoms with Crippen LogP contribution in [0.25, 0.3) is 42.6 Å². The third kappa shape index (κ3) is 3.76. The molecule has 3 aromatic carbocycles. The molecule has 0 aliphatic rings. The van der Waals surface area contributed by atoms with E-state index in [2.05, 4.69) is 65.6 Å². The zero-order valence-corrected chi connectivity index (χ0v) is 18.3. The zero-order valence-electron chi connectivity index (χ0n) is 19.4. The van der Waals surface area contributed by atoms with Crippen LogP contribution in [0.5, 0.6) is 0 Å². The highest BCUT2D eigenvalue weighted by atomic mass is 32.1. The van der Waals surface area contributed by atoms with Gasteiger partial charge in [0.15, 0.2) is 0 Å². The first-order valence-corrected chi connectivity index (χ1v) is 11.0. The second-order valence-corrected chi connectivity index (χ2v) is 9.78. The van der Waals surface area contributed by atoms with Crippen LogP contribution >= 0.6 is 11.3 Å². The van der Waals surface area contributed by atoms with Gasteiger partial charge in [-0.2, -0.15) is 0 Å². The molecule has 2 heterocycles. The summed E-state index contributed by atoms with van der Waals surface area (Å²) < 4.78 is 19.8. The lowest BCUT2D eigenvalue weighted by molar-refractivity contribution is 0.411. The van der Waals surface area contributed by atoms with Gasteiger partial charge in [-0.15, -0.1) is 11.3 Å². The van der Waals surface area contributed by atoms with E-state index in [0.717, 1.165) is 11.3 Å². The number of aromatic nitrogens is 1. The molecule has 148 valence electrons. The van der Waals surface area contributed by atoms with Gasteiger partial charge < -0.3 is 0 Å². The molecule has 0 spiro atoms. The van der Waals surface area contributed by atoms with E-state index in [-0.39, 0.29) is 0 Å². The number of hydrogen-bond acceptors (Lipinski definition) is 2. The van der Waals surface area contributed by atoms with Gasteiger partial charge >= 0.3 is 0 Å². The normalized spacial score (nSPS) is 13.4. The van der Waals surface area contributed by atoms with Crippen LogP contribution in [0.4, 0.5) is 0 Å². The first-order valence-electron chi connectivity index (χ1n) is 11.2. The number of fused-ring (bicyclic) bond motifs is 3. The van der Waals surface area contributed by atoms with Crippen LogP contribution in [0, 0.1) is 5.41 Å². The molecule has 0 aliphatic heterocycles. The minimum atomic E-state index is -1.45. The lowest BCUT2D eigenvalue weighted by atomic mass is 9.88. The molecule has 0 atom stereocenters. The van der Waals surface area contributed by atoms with E-state index in [9.17, 15) is 0 Å². The average Bonchev–Trinajstić information content (AvgIpc) is 3.16. The van der Waals surface area contributed by atoms with Crippen molar-refractivity contribution in [2.75, 3.05) is 0 Å². The molecule has 30 heavy (non-hydrogen) atoms. The van der Waals surface area contributed by atoms with Gasteiger partial charge in [0.05, 0.1) is 5.69 Å². The lowest BCUT2D eigenvalue weighted by Gasteiger charge is -2.18. The Hall–Kier alpha value is -2.97. The predicted molar refractivity (Wildman–Crippen MR) is 131 cm³/mol. The summed E-state index contributed by atoms with van der Waals surface area (Å²) in [6, 6.07) is 27.3. The van der Waals surface area contributed by atoms with Crippen LogP contribution in [-0.4, -0.2) is 4.98 Å². The Balaban J connectivity index is 1.59. The molecular weight excluding hydrogens is 382 g/mol. The summed E-state index contributed by atoms with van der Waals surface area (Å²) >= 11 is 1.80. The Morgan fingerprint density at radius 1 is 0.767 bits per heavy atom. The fourth-order valence-electron chi connectivity index (χ4n) is 3.85. The van der Waals surface area contributed by atoms with Crippen molar-refractivity contribution in [2.24, 2.45) is 5.41 Å². The lowest BCUT2D eigenvalue weighted by Crippen LogP contribution is -2.09. The average molecular weight is 410 g/mol. The molecule has 1 nitrogen and oxygen atoms in total.